The molecule has 0 aliphatic carbocycles. The zero-order valence-corrected chi connectivity index (χ0v) is 29.1. The van der Waals surface area contributed by atoms with Gasteiger partial charge in [-0.1, -0.05) is 55.4 Å². The van der Waals surface area contributed by atoms with Gasteiger partial charge in [0.05, 0.1) is 0 Å². The third-order valence-electron chi connectivity index (χ3n) is 5.76. The number of amides is 4. The van der Waals surface area contributed by atoms with Crippen LogP contribution in [0.4, 0.5) is 0 Å². The Labute approximate surface area is 257 Å². The second-order valence-corrected chi connectivity index (χ2v) is 11.0. The number of carbonyl (C=O) groups is 6. The number of rotatable bonds is 18. The second-order valence-electron chi connectivity index (χ2n) is 11.0. The van der Waals surface area contributed by atoms with Gasteiger partial charge in [-0.2, -0.15) is 0 Å². The molecule has 4 amide bonds. The molecule has 13 heteroatoms. The van der Waals surface area contributed by atoms with E-state index < -0.39 is 24.0 Å². The predicted octanol–water partition coefficient (Wildman–Crippen LogP) is 2.31. The smallest absolute Gasteiger partial charge is 0.326 e. The van der Waals surface area contributed by atoms with Gasteiger partial charge in [-0.05, 0) is 38.5 Å². The summed E-state index contributed by atoms with van der Waals surface area (Å²) in [7, 11) is 0. The van der Waals surface area contributed by atoms with E-state index in [4.69, 9.17) is 10.2 Å². The molecule has 2 atom stereocenters. The monoisotopic (exact) mass is 636 g/mol. The van der Waals surface area contributed by atoms with Gasteiger partial charge in [-0.25, -0.2) is 9.59 Å². The van der Waals surface area contributed by atoms with E-state index >= 15 is 0 Å². The van der Waals surface area contributed by atoms with E-state index in [9.17, 15) is 28.8 Å². The number of hydrogen-bond acceptors (Lipinski definition) is 6. The van der Waals surface area contributed by atoms with Gasteiger partial charge in [0.1, 0.15) is 12.1 Å². The summed E-state index contributed by atoms with van der Waals surface area (Å²) in [5.74, 6) is -3.14. The normalized spacial score (nSPS) is 12.0. The number of nitrogens with one attached hydrogen (secondary N) is 4. The molecule has 12 nitrogen and oxygen atoms in total. The van der Waals surface area contributed by atoms with E-state index in [1.54, 1.807) is 27.7 Å². The van der Waals surface area contributed by atoms with Gasteiger partial charge in [0.2, 0.25) is 23.6 Å². The van der Waals surface area contributed by atoms with Gasteiger partial charge in [0, 0.05) is 56.2 Å². The van der Waals surface area contributed by atoms with Crippen molar-refractivity contribution < 1.29 is 58.5 Å². The van der Waals surface area contributed by atoms with Crippen LogP contribution >= 0.6 is 0 Å². The zero-order chi connectivity index (χ0) is 31.4. The molecule has 0 aliphatic rings. The van der Waals surface area contributed by atoms with E-state index in [-0.39, 0.29) is 66.8 Å². The van der Waals surface area contributed by atoms with E-state index in [1.165, 1.54) is 0 Å². The third-order valence-corrected chi connectivity index (χ3v) is 5.76. The number of aliphatic carboxylic acids is 2. The first kappa shape index (κ1) is 42.9. The predicted molar refractivity (Wildman–Crippen MR) is 152 cm³/mol. The minimum Gasteiger partial charge on any atom is -0.480 e. The standard InChI is InChI=1S/2C14H26N2O4.Zn/c2*1-9(2)12(17)15-8-6-5-7-11(14(19)20)16-13(18)10(3)4;/h2*9-11H,5-8H2,1-4H3,(H,15,17)(H,16,18)(H,19,20);/t2*11-;/m00./s1. The Hall–Kier alpha value is -2.56. The molecule has 234 valence electrons. The maximum atomic E-state index is 11.5. The van der Waals surface area contributed by atoms with Crippen molar-refractivity contribution in [3.63, 3.8) is 0 Å². The minimum atomic E-state index is -1.02. The van der Waals surface area contributed by atoms with Crippen molar-refractivity contribution in [1.29, 1.82) is 0 Å². The summed E-state index contributed by atoms with van der Waals surface area (Å²) in [5, 5.41) is 28.6. The van der Waals surface area contributed by atoms with Crippen LogP contribution in [0.3, 0.4) is 0 Å². The molecule has 0 heterocycles. The molecular formula is C28H52N4O8Zn. The Morgan fingerprint density at radius 2 is 0.756 bits per heavy atom. The van der Waals surface area contributed by atoms with Gasteiger partial charge in [-0.15, -0.1) is 0 Å². The number of carbonyl (C=O) groups excluding carboxylic acids is 4. The topological polar surface area (TPSA) is 191 Å². The van der Waals surface area contributed by atoms with Crippen LogP contribution in [0.1, 0.15) is 93.9 Å². The molecule has 0 unspecified atom stereocenters. The van der Waals surface area contributed by atoms with Crippen LogP contribution in [0.2, 0.25) is 0 Å². The van der Waals surface area contributed by atoms with Crippen LogP contribution in [0.5, 0.6) is 0 Å². The molecule has 0 aromatic rings. The number of carboxylic acid groups (broad SMARTS) is 2. The van der Waals surface area contributed by atoms with Crippen LogP contribution in [0, 0.1) is 23.7 Å². The quantitative estimate of drug-likeness (QED) is 0.0974. The molecular weight excluding hydrogens is 586 g/mol. The summed E-state index contributed by atoms with van der Waals surface area (Å²) in [6.07, 6.45) is 3.39. The van der Waals surface area contributed by atoms with Gasteiger partial charge in [0.25, 0.3) is 0 Å². The van der Waals surface area contributed by atoms with Gasteiger partial charge >= 0.3 is 11.9 Å². The number of carboxylic acids is 2. The van der Waals surface area contributed by atoms with Crippen LogP contribution in [0.25, 0.3) is 0 Å². The van der Waals surface area contributed by atoms with Crippen molar-refractivity contribution in [3.05, 3.63) is 0 Å². The number of unbranched alkanes of at least 4 members (excludes halogenated alkanes) is 2. The molecule has 6 N–H and O–H groups in total. The van der Waals surface area contributed by atoms with E-state index in [0.717, 1.165) is 0 Å². The third kappa shape index (κ3) is 22.8. The molecule has 0 fully saturated rings. The van der Waals surface area contributed by atoms with E-state index in [2.05, 4.69) is 21.3 Å². The average molecular weight is 638 g/mol. The Kier molecular flexibility index (Phi) is 25.2. The van der Waals surface area contributed by atoms with Crippen LogP contribution in [0.15, 0.2) is 0 Å². The minimum absolute atomic E-state index is 0. The van der Waals surface area contributed by atoms with Gasteiger partial charge < -0.3 is 31.5 Å². The van der Waals surface area contributed by atoms with Crippen molar-refractivity contribution in [2.45, 2.75) is 106 Å². The fourth-order valence-corrected chi connectivity index (χ4v) is 2.97. The molecule has 0 saturated heterocycles. The van der Waals surface area contributed by atoms with Crippen molar-refractivity contribution >= 4 is 35.6 Å². The average Bonchev–Trinajstić information content (AvgIpc) is 2.85. The van der Waals surface area contributed by atoms with E-state index in [1.807, 2.05) is 27.7 Å². The summed E-state index contributed by atoms with van der Waals surface area (Å²) in [4.78, 5) is 67.6. The molecule has 0 saturated carbocycles. The van der Waals surface area contributed by atoms with E-state index in [0.29, 0.717) is 51.6 Å². The van der Waals surface area contributed by atoms with Crippen molar-refractivity contribution in [1.82, 2.24) is 21.3 Å². The maximum Gasteiger partial charge on any atom is 0.326 e. The summed E-state index contributed by atoms with van der Waals surface area (Å²) in [6.45, 7) is 15.2. The van der Waals surface area contributed by atoms with Crippen LogP contribution < -0.4 is 21.3 Å². The molecule has 0 radical (unpaired) electrons. The summed E-state index contributed by atoms with van der Waals surface area (Å²) >= 11 is 0. The van der Waals surface area contributed by atoms with Crippen LogP contribution in [-0.4, -0.2) is 71.0 Å². The van der Waals surface area contributed by atoms with Gasteiger partial charge in [0.15, 0.2) is 0 Å². The summed E-state index contributed by atoms with van der Waals surface area (Å²) < 4.78 is 0. The first-order valence-corrected chi connectivity index (χ1v) is 14.1. The largest absolute Gasteiger partial charge is 0.480 e. The Balaban J connectivity index is -0.000000688. The first-order valence-electron chi connectivity index (χ1n) is 14.1. The zero-order valence-electron chi connectivity index (χ0n) is 26.2. The Morgan fingerprint density at radius 3 is 0.976 bits per heavy atom. The second kappa shape index (κ2) is 24.1. The van der Waals surface area contributed by atoms with Crippen LogP contribution in [-0.2, 0) is 48.2 Å². The van der Waals surface area contributed by atoms with Gasteiger partial charge in [-0.3, -0.25) is 19.2 Å². The SMILES string of the molecule is CC(C)C(=O)NCCCC[C@H](NC(=O)C(C)C)C(=O)O.CC(C)C(=O)NCCCC[C@H](NC(=O)C(C)C)C(=O)O.[Zn]. The number of hydrogen-bond donors (Lipinski definition) is 6. The Morgan fingerprint density at radius 1 is 0.488 bits per heavy atom. The fourth-order valence-electron chi connectivity index (χ4n) is 2.97. The van der Waals surface area contributed by atoms with Crippen molar-refractivity contribution in [2.75, 3.05) is 13.1 Å². The summed E-state index contributed by atoms with van der Waals surface area (Å²) in [6, 6.07) is -1.71. The molecule has 0 aliphatic heterocycles. The molecule has 0 aromatic heterocycles. The van der Waals surface area contributed by atoms with Crippen molar-refractivity contribution in [2.24, 2.45) is 23.7 Å². The molecule has 41 heavy (non-hydrogen) atoms. The first-order chi connectivity index (χ1) is 18.5. The molecule has 0 spiro atoms. The van der Waals surface area contributed by atoms with Crippen molar-refractivity contribution in [3.8, 4) is 0 Å². The Bertz CT molecular complexity index is 753. The summed E-state index contributed by atoms with van der Waals surface area (Å²) in [5.41, 5.74) is 0. The fraction of sp³-hybridized carbons (Fsp3) is 0.786. The molecule has 0 rings (SSSR count). The molecule has 0 bridgehead atoms. The molecule has 0 aromatic carbocycles. The maximum absolute atomic E-state index is 11.5.